The van der Waals surface area contributed by atoms with Crippen LogP contribution in [0.15, 0.2) is 79.0 Å². The van der Waals surface area contributed by atoms with Gasteiger partial charge in [0.15, 0.2) is 0 Å². The Morgan fingerprint density at radius 2 is 1.73 bits per heavy atom. The zero-order chi connectivity index (χ0) is 23.6. The number of aromatic nitrogens is 2. The molecule has 0 amide bonds. The quantitative estimate of drug-likeness (QED) is 0.336. The van der Waals surface area contributed by atoms with Crippen molar-refractivity contribution in [3.63, 3.8) is 0 Å². The van der Waals surface area contributed by atoms with Gasteiger partial charge >= 0.3 is 12.1 Å². The molecular formula is C24H17ClF3N3O2. The predicted molar refractivity (Wildman–Crippen MR) is 120 cm³/mol. The topological polar surface area (TPSA) is 67.2 Å². The lowest BCUT2D eigenvalue weighted by Gasteiger charge is -2.09. The normalized spacial score (nSPS) is 11.4. The van der Waals surface area contributed by atoms with Gasteiger partial charge in [0.25, 0.3) is 0 Å². The van der Waals surface area contributed by atoms with E-state index in [0.717, 1.165) is 23.4 Å². The van der Waals surface area contributed by atoms with Crippen LogP contribution in [0.25, 0.3) is 16.9 Å². The summed E-state index contributed by atoms with van der Waals surface area (Å²) < 4.78 is 40.5. The van der Waals surface area contributed by atoms with Crippen molar-refractivity contribution in [1.29, 1.82) is 0 Å². The first-order chi connectivity index (χ1) is 15.7. The summed E-state index contributed by atoms with van der Waals surface area (Å²) in [7, 11) is 0. The van der Waals surface area contributed by atoms with Crippen molar-refractivity contribution in [1.82, 2.24) is 9.78 Å². The van der Waals surface area contributed by atoms with E-state index in [1.165, 1.54) is 24.3 Å². The molecule has 1 heterocycles. The zero-order valence-corrected chi connectivity index (χ0v) is 17.7. The van der Waals surface area contributed by atoms with Crippen LogP contribution in [0.4, 0.5) is 18.9 Å². The van der Waals surface area contributed by atoms with Gasteiger partial charge in [-0.1, -0.05) is 29.8 Å². The van der Waals surface area contributed by atoms with E-state index in [1.54, 1.807) is 41.2 Å². The molecule has 0 fully saturated rings. The molecule has 4 rings (SSSR count). The lowest BCUT2D eigenvalue weighted by atomic mass is 10.1. The summed E-state index contributed by atoms with van der Waals surface area (Å²) in [5, 5.41) is 17.5. The average molecular weight is 472 g/mol. The first-order valence-corrected chi connectivity index (χ1v) is 10.2. The van der Waals surface area contributed by atoms with Gasteiger partial charge in [-0.05, 0) is 54.6 Å². The van der Waals surface area contributed by atoms with Gasteiger partial charge in [0.1, 0.15) is 0 Å². The molecule has 9 heteroatoms. The van der Waals surface area contributed by atoms with Gasteiger partial charge in [0.2, 0.25) is 0 Å². The first-order valence-electron chi connectivity index (χ1n) is 9.80. The van der Waals surface area contributed by atoms with Crippen molar-refractivity contribution in [2.75, 3.05) is 5.32 Å². The van der Waals surface area contributed by atoms with Crippen molar-refractivity contribution >= 4 is 23.3 Å². The van der Waals surface area contributed by atoms with E-state index in [0.29, 0.717) is 28.5 Å². The molecule has 0 radical (unpaired) electrons. The molecule has 0 aliphatic carbocycles. The van der Waals surface area contributed by atoms with Crippen molar-refractivity contribution in [2.24, 2.45) is 0 Å². The van der Waals surface area contributed by atoms with Crippen molar-refractivity contribution < 1.29 is 23.1 Å². The Hall–Kier alpha value is -3.78. The Bertz CT molecular complexity index is 1280. The predicted octanol–water partition coefficient (Wildman–Crippen LogP) is 6.52. The number of benzene rings is 3. The molecule has 0 unspecified atom stereocenters. The summed E-state index contributed by atoms with van der Waals surface area (Å²) in [6.07, 6.45) is -2.68. The van der Waals surface area contributed by atoms with Crippen LogP contribution < -0.4 is 5.32 Å². The summed E-state index contributed by atoms with van der Waals surface area (Å²) in [5.41, 5.74) is 2.54. The monoisotopic (exact) mass is 471 g/mol. The Balaban J connectivity index is 1.70. The van der Waals surface area contributed by atoms with E-state index in [2.05, 4.69) is 10.4 Å². The summed E-state index contributed by atoms with van der Waals surface area (Å²) in [4.78, 5) is 11.1. The van der Waals surface area contributed by atoms with Gasteiger partial charge in [-0.3, -0.25) is 0 Å². The highest BCUT2D eigenvalue weighted by Crippen LogP contribution is 2.32. The molecule has 0 atom stereocenters. The molecule has 2 N–H and O–H groups in total. The van der Waals surface area contributed by atoms with Crippen LogP contribution in [0.2, 0.25) is 5.02 Å². The molecular weight excluding hydrogens is 455 g/mol. The molecule has 5 nitrogen and oxygen atoms in total. The second-order valence-corrected chi connectivity index (χ2v) is 7.67. The van der Waals surface area contributed by atoms with E-state index in [9.17, 15) is 18.0 Å². The van der Waals surface area contributed by atoms with Crippen molar-refractivity contribution in [3.8, 4) is 16.9 Å². The largest absolute Gasteiger partial charge is 0.478 e. The van der Waals surface area contributed by atoms with Gasteiger partial charge in [-0.25, -0.2) is 9.48 Å². The van der Waals surface area contributed by atoms with Crippen LogP contribution >= 0.6 is 11.6 Å². The third kappa shape index (κ3) is 5.18. The minimum absolute atomic E-state index is 0.136. The van der Waals surface area contributed by atoms with Gasteiger partial charge in [0, 0.05) is 34.6 Å². The molecule has 3 aromatic carbocycles. The first kappa shape index (κ1) is 22.4. The smallest absolute Gasteiger partial charge is 0.416 e. The number of carboxylic acid groups (broad SMARTS) is 1. The zero-order valence-electron chi connectivity index (χ0n) is 17.0. The number of nitrogens with zero attached hydrogens (tertiary/aromatic N) is 2. The number of hydrogen-bond acceptors (Lipinski definition) is 3. The molecule has 33 heavy (non-hydrogen) atoms. The number of carboxylic acids is 1. The fourth-order valence-corrected chi connectivity index (χ4v) is 3.47. The molecule has 0 aliphatic heterocycles. The third-order valence-corrected chi connectivity index (χ3v) is 5.20. The summed E-state index contributed by atoms with van der Waals surface area (Å²) >= 11 is 6.03. The summed E-state index contributed by atoms with van der Waals surface area (Å²) in [6.45, 7) is 0.337. The van der Waals surface area contributed by atoms with Crippen LogP contribution in [0, 0.1) is 0 Å². The summed E-state index contributed by atoms with van der Waals surface area (Å²) in [5.74, 6) is -1.04. The number of alkyl halides is 3. The Labute approximate surface area is 192 Å². The second-order valence-electron chi connectivity index (χ2n) is 7.24. The molecule has 0 spiro atoms. The molecule has 168 valence electrons. The minimum atomic E-state index is -4.43. The molecule has 4 aromatic rings. The van der Waals surface area contributed by atoms with Crippen LogP contribution in [0.3, 0.4) is 0 Å². The number of nitrogens with one attached hydrogen (secondary N) is 1. The standard InChI is InChI=1S/C24H17ClF3N3O2/c25-19-2-1-3-20(12-19)29-13-17-14-31(21-10-6-16(7-11-21)23(32)33)30-22(17)15-4-8-18(9-5-15)24(26,27)28/h1-12,14,29H,13H2,(H,32,33). The maximum absolute atomic E-state index is 13.0. The van der Waals surface area contributed by atoms with E-state index in [4.69, 9.17) is 16.7 Å². The van der Waals surface area contributed by atoms with Crippen LogP contribution in [-0.4, -0.2) is 20.9 Å². The number of halogens is 4. The second kappa shape index (κ2) is 8.99. The third-order valence-electron chi connectivity index (χ3n) is 4.96. The van der Waals surface area contributed by atoms with Gasteiger partial charge in [-0.2, -0.15) is 18.3 Å². The maximum atomic E-state index is 13.0. The van der Waals surface area contributed by atoms with Crippen molar-refractivity contribution in [3.05, 3.63) is 101 Å². The number of aromatic carboxylic acids is 1. The number of anilines is 1. The van der Waals surface area contributed by atoms with Crippen LogP contribution in [0.1, 0.15) is 21.5 Å². The van der Waals surface area contributed by atoms with Crippen LogP contribution in [-0.2, 0) is 12.7 Å². The van der Waals surface area contributed by atoms with E-state index >= 15 is 0 Å². The number of carbonyl (C=O) groups is 1. The highest BCUT2D eigenvalue weighted by molar-refractivity contribution is 6.30. The van der Waals surface area contributed by atoms with Crippen molar-refractivity contribution in [2.45, 2.75) is 12.7 Å². The average Bonchev–Trinajstić information content (AvgIpc) is 3.21. The van der Waals surface area contributed by atoms with Gasteiger partial charge in [-0.15, -0.1) is 0 Å². The van der Waals surface area contributed by atoms with E-state index < -0.39 is 17.7 Å². The Morgan fingerprint density at radius 1 is 1.03 bits per heavy atom. The molecule has 1 aromatic heterocycles. The summed E-state index contributed by atoms with van der Waals surface area (Å²) in [6, 6.07) is 18.1. The molecule has 0 saturated carbocycles. The van der Waals surface area contributed by atoms with Gasteiger partial charge in [0.05, 0.1) is 22.5 Å². The Kier molecular flexibility index (Phi) is 6.11. The highest BCUT2D eigenvalue weighted by atomic mass is 35.5. The minimum Gasteiger partial charge on any atom is -0.478 e. The van der Waals surface area contributed by atoms with E-state index in [1.807, 2.05) is 6.07 Å². The number of rotatable bonds is 6. The fraction of sp³-hybridized carbons (Fsp3) is 0.0833. The molecule has 0 aliphatic rings. The Morgan fingerprint density at radius 3 is 2.33 bits per heavy atom. The maximum Gasteiger partial charge on any atom is 0.416 e. The highest BCUT2D eigenvalue weighted by Gasteiger charge is 2.30. The fourth-order valence-electron chi connectivity index (χ4n) is 3.28. The molecule has 0 bridgehead atoms. The van der Waals surface area contributed by atoms with Gasteiger partial charge < -0.3 is 10.4 Å². The number of hydrogen-bond donors (Lipinski definition) is 2. The van der Waals surface area contributed by atoms with E-state index in [-0.39, 0.29) is 5.56 Å². The van der Waals surface area contributed by atoms with Crippen LogP contribution in [0.5, 0.6) is 0 Å². The molecule has 0 saturated heterocycles. The lowest BCUT2D eigenvalue weighted by Crippen LogP contribution is -2.04. The lowest BCUT2D eigenvalue weighted by molar-refractivity contribution is -0.137. The SMILES string of the molecule is O=C(O)c1ccc(-n2cc(CNc3cccc(Cl)c3)c(-c3ccc(C(F)(F)F)cc3)n2)cc1.